The highest BCUT2D eigenvalue weighted by atomic mass is 35.5. The number of amides is 1. The lowest BCUT2D eigenvalue weighted by Crippen LogP contribution is -2.42. The van der Waals surface area contributed by atoms with E-state index in [0.717, 1.165) is 5.56 Å². The summed E-state index contributed by atoms with van der Waals surface area (Å²) in [6.07, 6.45) is 2.48. The van der Waals surface area contributed by atoms with Crippen molar-refractivity contribution in [3.8, 4) is 11.5 Å². The van der Waals surface area contributed by atoms with Crippen molar-refractivity contribution in [1.29, 1.82) is 0 Å². The van der Waals surface area contributed by atoms with Crippen LogP contribution in [0.15, 0.2) is 58.2 Å². The molecule has 1 aliphatic heterocycles. The van der Waals surface area contributed by atoms with Crippen LogP contribution in [0.2, 0.25) is 5.02 Å². The van der Waals surface area contributed by atoms with Crippen LogP contribution in [-0.2, 0) is 21.4 Å². The van der Waals surface area contributed by atoms with Gasteiger partial charge in [-0.2, -0.15) is 9.40 Å². The number of rotatable bonds is 6. The van der Waals surface area contributed by atoms with E-state index in [1.807, 2.05) is 12.1 Å². The Hall–Kier alpha value is -2.62. The summed E-state index contributed by atoms with van der Waals surface area (Å²) in [6, 6.07) is 12.0. The second kappa shape index (κ2) is 8.63. The quantitative estimate of drug-likeness (QED) is 0.602. The summed E-state index contributed by atoms with van der Waals surface area (Å²) in [5, 5.41) is 10.0. The number of hydrogen-bond donors (Lipinski definition) is 2. The minimum Gasteiger partial charge on any atom is -0.442 e. The van der Waals surface area contributed by atoms with E-state index in [2.05, 4.69) is 15.5 Å². The molecule has 3 aromatic rings. The van der Waals surface area contributed by atoms with Crippen molar-refractivity contribution in [3.05, 3.63) is 59.2 Å². The molecule has 0 saturated carbocycles. The molecule has 0 spiro atoms. The molecule has 1 aromatic carbocycles. The van der Waals surface area contributed by atoms with Gasteiger partial charge in [-0.15, -0.1) is 0 Å². The summed E-state index contributed by atoms with van der Waals surface area (Å²) in [6.45, 7) is 0.945. The van der Waals surface area contributed by atoms with Crippen molar-refractivity contribution >= 4 is 27.5 Å². The minimum absolute atomic E-state index is 0.0680. The van der Waals surface area contributed by atoms with Crippen LogP contribution in [0.5, 0.6) is 0 Å². The number of sulfonamides is 1. The summed E-state index contributed by atoms with van der Waals surface area (Å²) in [4.78, 5) is 12.5. The van der Waals surface area contributed by atoms with E-state index in [1.54, 1.807) is 30.5 Å². The standard InChI is InChI=1S/C20H21ClN4O4S/c21-16-3-1-14(2-4-16)13-22-20(26)15-8-11-25(12-9-15)30(27,28)19-6-5-18(29-19)17-7-10-23-24-17/h1-7,10,15H,8-9,11-13H2,(H,22,26)(H,23,24). The van der Waals surface area contributed by atoms with Crippen molar-refractivity contribution in [2.24, 2.45) is 5.92 Å². The minimum atomic E-state index is -3.75. The lowest BCUT2D eigenvalue weighted by atomic mass is 9.97. The van der Waals surface area contributed by atoms with Crippen LogP contribution in [0.25, 0.3) is 11.5 Å². The lowest BCUT2D eigenvalue weighted by molar-refractivity contribution is -0.126. The summed E-state index contributed by atoms with van der Waals surface area (Å²) in [5.41, 5.74) is 1.56. The molecule has 0 atom stereocenters. The van der Waals surface area contributed by atoms with Gasteiger partial charge in [0.2, 0.25) is 11.0 Å². The molecule has 3 heterocycles. The SMILES string of the molecule is O=C(NCc1ccc(Cl)cc1)C1CCN(S(=O)(=O)c2ccc(-c3ccn[nH]3)o2)CC1. The van der Waals surface area contributed by atoms with E-state index >= 15 is 0 Å². The predicted octanol–water partition coefficient (Wildman–Crippen LogP) is 3.04. The van der Waals surface area contributed by atoms with E-state index < -0.39 is 10.0 Å². The maximum absolute atomic E-state index is 12.9. The van der Waals surface area contributed by atoms with Gasteiger partial charge < -0.3 is 9.73 Å². The summed E-state index contributed by atoms with van der Waals surface area (Å²) < 4.78 is 32.7. The molecule has 4 rings (SSSR count). The number of nitrogens with zero attached hydrogens (tertiary/aromatic N) is 2. The largest absolute Gasteiger partial charge is 0.442 e. The molecule has 0 unspecified atom stereocenters. The van der Waals surface area contributed by atoms with Gasteiger partial charge in [0.15, 0.2) is 5.76 Å². The summed E-state index contributed by atoms with van der Waals surface area (Å²) in [5.74, 6) is 0.116. The van der Waals surface area contributed by atoms with Crippen LogP contribution in [0.4, 0.5) is 0 Å². The molecular formula is C20H21ClN4O4S. The zero-order valence-electron chi connectivity index (χ0n) is 16.0. The van der Waals surface area contributed by atoms with E-state index in [1.165, 1.54) is 10.4 Å². The first-order valence-electron chi connectivity index (χ1n) is 9.55. The van der Waals surface area contributed by atoms with E-state index in [0.29, 0.717) is 35.9 Å². The van der Waals surface area contributed by atoms with Crippen LogP contribution < -0.4 is 5.32 Å². The number of aromatic nitrogens is 2. The number of hydrogen-bond acceptors (Lipinski definition) is 5. The van der Waals surface area contributed by atoms with Gasteiger partial charge in [-0.1, -0.05) is 23.7 Å². The zero-order chi connectivity index (χ0) is 21.1. The number of piperidine rings is 1. The van der Waals surface area contributed by atoms with Gasteiger partial charge in [-0.05, 0) is 48.7 Å². The number of halogens is 1. The highest BCUT2D eigenvalue weighted by Gasteiger charge is 2.34. The molecule has 2 N–H and O–H groups in total. The van der Waals surface area contributed by atoms with Gasteiger partial charge in [-0.25, -0.2) is 8.42 Å². The Kier molecular flexibility index (Phi) is 5.94. The van der Waals surface area contributed by atoms with Gasteiger partial charge in [0.25, 0.3) is 10.0 Å². The molecule has 2 aromatic heterocycles. The number of furan rings is 1. The molecular weight excluding hydrogens is 428 g/mol. The first kappa shape index (κ1) is 20.6. The van der Waals surface area contributed by atoms with Gasteiger partial charge in [0.05, 0.1) is 0 Å². The number of benzene rings is 1. The molecule has 158 valence electrons. The smallest absolute Gasteiger partial charge is 0.276 e. The Morgan fingerprint density at radius 2 is 1.90 bits per heavy atom. The summed E-state index contributed by atoms with van der Waals surface area (Å²) >= 11 is 5.87. The topological polar surface area (TPSA) is 108 Å². The molecule has 0 aliphatic carbocycles. The molecule has 1 fully saturated rings. The molecule has 0 radical (unpaired) electrons. The number of carbonyl (C=O) groups excluding carboxylic acids is 1. The lowest BCUT2D eigenvalue weighted by Gasteiger charge is -2.29. The fraction of sp³-hybridized carbons (Fsp3) is 0.300. The predicted molar refractivity (Wildman–Crippen MR) is 111 cm³/mol. The third-order valence-electron chi connectivity index (χ3n) is 5.15. The number of aromatic amines is 1. The van der Waals surface area contributed by atoms with Gasteiger partial charge >= 0.3 is 0 Å². The summed E-state index contributed by atoms with van der Waals surface area (Å²) in [7, 11) is -3.75. The Bertz CT molecular complexity index is 1100. The van der Waals surface area contributed by atoms with Crippen molar-refractivity contribution < 1.29 is 17.6 Å². The average Bonchev–Trinajstić information content (AvgIpc) is 3.45. The highest BCUT2D eigenvalue weighted by Crippen LogP contribution is 2.28. The van der Waals surface area contributed by atoms with Gasteiger partial charge in [-0.3, -0.25) is 9.89 Å². The van der Waals surface area contributed by atoms with Gasteiger partial charge in [0.1, 0.15) is 5.69 Å². The first-order valence-corrected chi connectivity index (χ1v) is 11.4. The number of nitrogens with one attached hydrogen (secondary N) is 2. The maximum atomic E-state index is 12.9. The van der Waals surface area contributed by atoms with E-state index in [4.69, 9.17) is 16.0 Å². The van der Waals surface area contributed by atoms with Crippen molar-refractivity contribution in [2.75, 3.05) is 13.1 Å². The molecule has 1 amide bonds. The third kappa shape index (κ3) is 4.43. The maximum Gasteiger partial charge on any atom is 0.276 e. The van der Waals surface area contributed by atoms with Crippen LogP contribution in [0.1, 0.15) is 18.4 Å². The fourth-order valence-corrected chi connectivity index (χ4v) is 4.93. The highest BCUT2D eigenvalue weighted by molar-refractivity contribution is 7.89. The Morgan fingerprint density at radius 1 is 1.17 bits per heavy atom. The Balaban J connectivity index is 1.33. The fourth-order valence-electron chi connectivity index (χ4n) is 3.42. The van der Waals surface area contributed by atoms with Crippen molar-refractivity contribution in [2.45, 2.75) is 24.5 Å². The molecule has 1 saturated heterocycles. The van der Waals surface area contributed by atoms with Crippen LogP contribution >= 0.6 is 11.6 Å². The molecule has 0 bridgehead atoms. The number of H-pyrrole nitrogens is 1. The number of carbonyl (C=O) groups is 1. The van der Waals surface area contributed by atoms with E-state index in [9.17, 15) is 13.2 Å². The zero-order valence-corrected chi connectivity index (χ0v) is 17.6. The molecule has 8 nitrogen and oxygen atoms in total. The second-order valence-corrected chi connectivity index (χ2v) is 9.42. The Labute approximate surface area is 179 Å². The second-order valence-electron chi connectivity index (χ2n) is 7.11. The van der Waals surface area contributed by atoms with Crippen molar-refractivity contribution in [3.63, 3.8) is 0 Å². The molecule has 10 heteroatoms. The van der Waals surface area contributed by atoms with Crippen LogP contribution in [-0.4, -0.2) is 41.9 Å². The Morgan fingerprint density at radius 3 is 2.57 bits per heavy atom. The van der Waals surface area contributed by atoms with Crippen LogP contribution in [0.3, 0.4) is 0 Å². The molecule has 1 aliphatic rings. The average molecular weight is 449 g/mol. The normalized spacial score (nSPS) is 15.9. The van der Waals surface area contributed by atoms with Crippen molar-refractivity contribution in [1.82, 2.24) is 19.8 Å². The van der Waals surface area contributed by atoms with Crippen LogP contribution in [0, 0.1) is 5.92 Å². The third-order valence-corrected chi connectivity index (χ3v) is 7.17. The molecule has 30 heavy (non-hydrogen) atoms. The first-order chi connectivity index (χ1) is 14.4. The van der Waals surface area contributed by atoms with Gasteiger partial charge in [0, 0.05) is 36.8 Å². The van der Waals surface area contributed by atoms with E-state index in [-0.39, 0.29) is 30.0 Å². The monoisotopic (exact) mass is 448 g/mol.